The van der Waals surface area contributed by atoms with Crippen molar-refractivity contribution in [1.82, 2.24) is 0 Å². The molecule has 2 N–H and O–H groups in total. The molecule has 3 heteroatoms. The minimum atomic E-state index is -0.0799. The van der Waals surface area contributed by atoms with Crippen LogP contribution in [0.15, 0.2) is 54.6 Å². The molecule has 1 saturated carbocycles. The van der Waals surface area contributed by atoms with E-state index in [1.165, 1.54) is 24.8 Å². The van der Waals surface area contributed by atoms with Crippen LogP contribution in [-0.4, -0.2) is 12.1 Å². The van der Waals surface area contributed by atoms with Gasteiger partial charge in [-0.15, -0.1) is 35.9 Å². The number of hydrogen-bond acceptors (Lipinski definition) is 0. The zero-order valence-corrected chi connectivity index (χ0v) is 18.0. The normalized spacial score (nSPS) is 18.1. The molecule has 0 aromatic heterocycles. The van der Waals surface area contributed by atoms with Crippen LogP contribution in [0.5, 0.6) is 0 Å². The van der Waals surface area contributed by atoms with Crippen LogP contribution in [0.1, 0.15) is 46.0 Å². The first-order valence-corrected chi connectivity index (χ1v) is 8.63. The molecule has 140 valence electrons. The van der Waals surface area contributed by atoms with E-state index in [4.69, 9.17) is 11.5 Å². The summed E-state index contributed by atoms with van der Waals surface area (Å²) in [7, 11) is 0. The Labute approximate surface area is 169 Å². The van der Waals surface area contributed by atoms with Crippen molar-refractivity contribution in [2.24, 2.45) is 0 Å². The van der Waals surface area contributed by atoms with Crippen molar-refractivity contribution in [3.05, 3.63) is 79.6 Å². The molecule has 1 aliphatic rings. The Balaban J connectivity index is 0. The average molecular weight is 520 g/mol. The maximum absolute atomic E-state index is 7.29. The van der Waals surface area contributed by atoms with E-state index in [2.05, 4.69) is 38.1 Å². The average Bonchev–Trinajstić information content (AvgIpc) is 2.60. The second-order valence-electron chi connectivity index (χ2n) is 5.85. The van der Waals surface area contributed by atoms with E-state index in [-0.39, 0.29) is 40.6 Å². The molecule has 2 aromatic rings. The first-order valence-electron chi connectivity index (χ1n) is 8.63. The van der Waals surface area contributed by atoms with Gasteiger partial charge in [-0.25, -0.2) is 0 Å². The van der Waals surface area contributed by atoms with Crippen LogP contribution in [0.4, 0.5) is 0 Å². The van der Waals surface area contributed by atoms with Crippen LogP contribution < -0.4 is 0 Å². The molecule has 2 nitrogen and oxygen atoms in total. The number of nitrogens with one attached hydrogen (secondary N) is 2. The summed E-state index contributed by atoms with van der Waals surface area (Å²) >= 11 is 0. The van der Waals surface area contributed by atoms with Crippen LogP contribution >= 0.6 is 0 Å². The minimum absolute atomic E-state index is 0. The Hall–Kier alpha value is -0.952. The Morgan fingerprint density at radius 1 is 0.880 bits per heavy atom. The molecule has 1 fully saturated rings. The molecule has 0 heterocycles. The standard InChI is InChI=1S/C12H9.C6H12N2.C3H8.CH3.Pt/c1-3-7-11(8-4-1)12-9-5-2-6-10-12;7-5-3-1-2-4-6(5)8;1-3-2;;/h1-9H;5-8H,1-4H2;3H2,1-2H3;1H3;/q-1;-2;;-1;+4. The summed E-state index contributed by atoms with van der Waals surface area (Å²) in [6.45, 7) is 4.25. The van der Waals surface area contributed by atoms with Gasteiger partial charge in [0.05, 0.1) is 0 Å². The van der Waals surface area contributed by atoms with Crippen molar-refractivity contribution in [1.29, 1.82) is 0 Å². The van der Waals surface area contributed by atoms with E-state index < -0.39 is 0 Å². The van der Waals surface area contributed by atoms with E-state index in [0.717, 1.165) is 18.4 Å². The molecule has 2 unspecified atom stereocenters. The topological polar surface area (TPSA) is 47.6 Å². The fourth-order valence-corrected chi connectivity index (χ4v) is 2.32. The monoisotopic (exact) mass is 519 g/mol. The summed E-state index contributed by atoms with van der Waals surface area (Å²) in [6, 6.07) is 21.3. The summed E-state index contributed by atoms with van der Waals surface area (Å²) in [5.41, 5.74) is 17.0. The summed E-state index contributed by atoms with van der Waals surface area (Å²) in [4.78, 5) is 0. The smallest absolute Gasteiger partial charge is 0.676 e. The van der Waals surface area contributed by atoms with E-state index in [1.54, 1.807) is 0 Å². The Kier molecular flexibility index (Phi) is 17.4. The molecule has 0 spiro atoms. The number of rotatable bonds is 1. The number of benzene rings is 2. The van der Waals surface area contributed by atoms with Crippen molar-refractivity contribution in [2.75, 3.05) is 0 Å². The first-order chi connectivity index (χ1) is 11.2. The van der Waals surface area contributed by atoms with Crippen molar-refractivity contribution >= 4 is 0 Å². The number of hydrogen-bond donors (Lipinski definition) is 0. The molecule has 0 bridgehead atoms. The molecule has 0 radical (unpaired) electrons. The molecule has 1 aliphatic carbocycles. The summed E-state index contributed by atoms with van der Waals surface area (Å²) in [5.74, 6) is 0. The van der Waals surface area contributed by atoms with Gasteiger partial charge in [-0.3, -0.25) is 0 Å². The van der Waals surface area contributed by atoms with Gasteiger partial charge in [0.2, 0.25) is 0 Å². The van der Waals surface area contributed by atoms with E-state index in [9.17, 15) is 0 Å². The quantitative estimate of drug-likeness (QED) is 0.352. The van der Waals surface area contributed by atoms with Gasteiger partial charge in [0.25, 0.3) is 0 Å². The van der Waals surface area contributed by atoms with Gasteiger partial charge in [0, 0.05) is 0 Å². The van der Waals surface area contributed by atoms with Crippen molar-refractivity contribution in [3.63, 3.8) is 0 Å². The third-order valence-electron chi connectivity index (χ3n) is 3.56. The molecular formula is C22H32N2Pt. The van der Waals surface area contributed by atoms with Crippen LogP contribution in [0.2, 0.25) is 0 Å². The summed E-state index contributed by atoms with van der Waals surface area (Å²) < 4.78 is 0. The fraction of sp³-hybridized carbons (Fsp3) is 0.409. The van der Waals surface area contributed by atoms with Crippen molar-refractivity contribution in [3.8, 4) is 11.1 Å². The maximum Gasteiger partial charge on any atom is 4.00 e. The third kappa shape index (κ3) is 11.3. The largest absolute Gasteiger partial charge is 4.00 e. The molecule has 3 rings (SSSR count). The van der Waals surface area contributed by atoms with Crippen molar-refractivity contribution in [2.45, 2.75) is 58.0 Å². The predicted molar refractivity (Wildman–Crippen MR) is 108 cm³/mol. The van der Waals surface area contributed by atoms with Crippen molar-refractivity contribution < 1.29 is 21.1 Å². The SMILES string of the molecule is CCC.[CH3-].[NH-]C1CCCCC1[NH-].[Pt+4].[c-]1ccccc1-c1ccccc1. The zero-order valence-electron chi connectivity index (χ0n) is 15.7. The van der Waals surface area contributed by atoms with Crippen LogP contribution in [-0.2, 0) is 21.1 Å². The van der Waals surface area contributed by atoms with Crippen LogP contribution in [0.3, 0.4) is 0 Å². The first kappa shape index (κ1) is 26.3. The van der Waals surface area contributed by atoms with E-state index in [1.807, 2.05) is 36.4 Å². The molecule has 0 saturated heterocycles. The maximum atomic E-state index is 7.29. The van der Waals surface area contributed by atoms with E-state index in [0.29, 0.717) is 0 Å². The molecule has 2 atom stereocenters. The van der Waals surface area contributed by atoms with Gasteiger partial charge in [-0.05, 0) is 0 Å². The molecule has 25 heavy (non-hydrogen) atoms. The molecule has 2 aromatic carbocycles. The van der Waals surface area contributed by atoms with Gasteiger partial charge in [0.15, 0.2) is 0 Å². The Morgan fingerprint density at radius 3 is 1.76 bits per heavy atom. The molecule has 0 aliphatic heterocycles. The van der Waals surface area contributed by atoms with Gasteiger partial charge >= 0.3 is 21.1 Å². The second kappa shape index (κ2) is 16.5. The summed E-state index contributed by atoms with van der Waals surface area (Å²) in [5, 5.41) is 0. The Bertz CT molecular complexity index is 454. The van der Waals surface area contributed by atoms with Gasteiger partial charge < -0.3 is 18.9 Å². The third-order valence-corrected chi connectivity index (χ3v) is 3.56. The second-order valence-corrected chi connectivity index (χ2v) is 5.85. The molecule has 0 amide bonds. The summed E-state index contributed by atoms with van der Waals surface area (Å²) in [6.07, 6.45) is 5.50. The minimum Gasteiger partial charge on any atom is -0.676 e. The molecular weight excluding hydrogens is 487 g/mol. The van der Waals surface area contributed by atoms with Gasteiger partial charge in [-0.1, -0.05) is 81.8 Å². The zero-order chi connectivity index (χ0) is 16.9. The van der Waals surface area contributed by atoms with Crippen LogP contribution in [0.25, 0.3) is 22.6 Å². The fourth-order valence-electron chi connectivity index (χ4n) is 2.32. The van der Waals surface area contributed by atoms with Gasteiger partial charge in [0.1, 0.15) is 0 Å². The van der Waals surface area contributed by atoms with Crippen LogP contribution in [0, 0.1) is 13.5 Å². The Morgan fingerprint density at radius 2 is 1.36 bits per heavy atom. The van der Waals surface area contributed by atoms with Gasteiger partial charge in [-0.2, -0.15) is 12.1 Å². The van der Waals surface area contributed by atoms with E-state index >= 15 is 0 Å². The predicted octanol–water partition coefficient (Wildman–Crippen LogP) is 7.42.